The fourth-order valence-electron chi connectivity index (χ4n) is 2.83. The highest BCUT2D eigenvalue weighted by molar-refractivity contribution is 5.86. The summed E-state index contributed by atoms with van der Waals surface area (Å²) in [4.78, 5) is 11.1. The topological polar surface area (TPSA) is 46.5 Å². The molecule has 0 aromatic rings. The highest BCUT2D eigenvalue weighted by Crippen LogP contribution is 2.68. The van der Waals surface area contributed by atoms with Crippen molar-refractivity contribution in [2.75, 3.05) is 6.61 Å². The summed E-state index contributed by atoms with van der Waals surface area (Å²) in [6.07, 6.45) is -24.8. The van der Waals surface area contributed by atoms with E-state index in [4.69, 9.17) is 0 Å². The first-order chi connectivity index (χ1) is 19.2. The van der Waals surface area contributed by atoms with E-state index in [1.165, 1.54) is 0 Å². The Morgan fingerprint density at radius 3 is 1.16 bits per heavy atom. The van der Waals surface area contributed by atoms with E-state index in [9.17, 15) is 111 Å². The Hall–Kier alpha value is -2.44. The number of aliphatic hydroxyl groups is 1. The van der Waals surface area contributed by atoms with Crippen LogP contribution in [0.15, 0.2) is 12.2 Å². The van der Waals surface area contributed by atoms with E-state index in [-0.39, 0.29) is 0 Å². The number of carbonyl (C=O) groups is 1. The smallest absolute Gasteiger partial charge is 0.438 e. The van der Waals surface area contributed by atoms with Gasteiger partial charge in [-0.15, -0.1) is 0 Å². The molecule has 0 radical (unpaired) electrons. The van der Waals surface area contributed by atoms with E-state index >= 15 is 0 Å². The lowest BCUT2D eigenvalue weighted by Gasteiger charge is -2.46. The molecule has 0 fully saturated rings. The molecule has 0 aromatic carbocycles. The zero-order valence-corrected chi connectivity index (χ0v) is 20.9. The van der Waals surface area contributed by atoms with Gasteiger partial charge in [0, 0.05) is 12.0 Å². The van der Waals surface area contributed by atoms with Crippen LogP contribution < -0.4 is 0 Å². The minimum absolute atomic E-state index is 0.462. The van der Waals surface area contributed by atoms with Gasteiger partial charge in [-0.05, 0) is 13.3 Å². The molecule has 0 amide bonds. The van der Waals surface area contributed by atoms with Crippen molar-refractivity contribution < 1.29 is 116 Å². The van der Waals surface area contributed by atoms with Gasteiger partial charge in [-0.3, -0.25) is 0 Å². The van der Waals surface area contributed by atoms with Crippen molar-refractivity contribution in [2.45, 2.75) is 91.3 Å². The molecule has 3 nitrogen and oxygen atoms in total. The van der Waals surface area contributed by atoms with Crippen molar-refractivity contribution >= 4 is 5.97 Å². The molecule has 26 heteroatoms. The average molecular weight is 726 g/mol. The normalized spacial score (nSPS) is 16.5. The van der Waals surface area contributed by atoms with Crippen LogP contribution in [-0.2, 0) is 9.53 Å². The Morgan fingerprint density at radius 2 is 0.867 bits per heavy atom. The number of halogens is 23. The number of esters is 1. The van der Waals surface area contributed by atoms with Crippen LogP contribution in [0.2, 0.25) is 0 Å². The number of rotatable bonds is 14. The van der Waals surface area contributed by atoms with Crippen molar-refractivity contribution in [3.63, 3.8) is 0 Å². The molecule has 0 saturated heterocycles. The maximum atomic E-state index is 13.9. The van der Waals surface area contributed by atoms with Crippen molar-refractivity contribution in [3.05, 3.63) is 12.2 Å². The van der Waals surface area contributed by atoms with Gasteiger partial charge in [0.15, 0.2) is 0 Å². The van der Waals surface area contributed by atoms with Crippen molar-refractivity contribution in [3.8, 4) is 0 Å². The average Bonchev–Trinajstić information content (AvgIpc) is 2.82. The largest absolute Gasteiger partial charge is 0.460 e. The van der Waals surface area contributed by atoms with Crippen LogP contribution >= 0.6 is 0 Å². The number of hydrogen-bond donors (Lipinski definition) is 1. The van der Waals surface area contributed by atoms with Crippen molar-refractivity contribution in [1.29, 1.82) is 0 Å². The number of alkyl halides is 23. The zero-order chi connectivity index (χ0) is 37.1. The third kappa shape index (κ3) is 6.18. The van der Waals surface area contributed by atoms with E-state index in [1.54, 1.807) is 0 Å². The third-order valence-electron chi connectivity index (χ3n) is 5.59. The molecule has 0 spiro atoms. The van der Waals surface area contributed by atoms with Gasteiger partial charge in [-0.2, -0.15) is 96.6 Å². The Balaban J connectivity index is 6.87. The molecule has 0 aliphatic heterocycles. The van der Waals surface area contributed by atoms with E-state index < -0.39 is 102 Å². The molecule has 0 bridgehead atoms. The third-order valence-corrected chi connectivity index (χ3v) is 5.59. The SMILES string of the molecule is C=C(C)C(=O)OCC(O)CCC(F)(F)C(F)(F)C(F)(F)C(F)(F)C(F)(F)C(F)(F)C(F)(F)C(F)(F)C(F)(C(F)(F)F)C(F)(F)F. The summed E-state index contributed by atoms with van der Waals surface area (Å²) < 4.78 is 313. The molecule has 0 aromatic heterocycles. The molecular weight excluding hydrogens is 713 g/mol. The maximum absolute atomic E-state index is 13.9. The quantitative estimate of drug-likeness (QED) is 0.112. The first-order valence-electron chi connectivity index (χ1n) is 10.6. The molecule has 0 saturated carbocycles. The van der Waals surface area contributed by atoms with Crippen LogP contribution in [0.5, 0.6) is 0 Å². The molecule has 45 heavy (non-hydrogen) atoms. The summed E-state index contributed by atoms with van der Waals surface area (Å²) in [7, 11) is 0. The summed E-state index contributed by atoms with van der Waals surface area (Å²) in [5.74, 6) is -72.5. The lowest BCUT2D eigenvalue weighted by Crippen LogP contribution is -2.79. The number of ether oxygens (including phenoxy) is 1. The van der Waals surface area contributed by atoms with Gasteiger partial charge in [-0.1, -0.05) is 6.58 Å². The van der Waals surface area contributed by atoms with E-state index in [2.05, 4.69) is 11.3 Å². The fraction of sp³-hybridized carbons (Fsp3) is 0.842. The molecular formula is C19H13F23O3. The summed E-state index contributed by atoms with van der Waals surface area (Å²) in [5.41, 5.74) is -9.53. The second-order valence-electron chi connectivity index (χ2n) is 8.95. The summed E-state index contributed by atoms with van der Waals surface area (Å²) >= 11 is 0. The highest BCUT2D eigenvalue weighted by Gasteiger charge is 2.99. The van der Waals surface area contributed by atoms with E-state index in [0.29, 0.717) is 0 Å². The Kier molecular flexibility index (Phi) is 11.0. The first-order valence-corrected chi connectivity index (χ1v) is 10.6. The predicted octanol–water partition coefficient (Wildman–Crippen LogP) is 8.16. The molecule has 268 valence electrons. The van der Waals surface area contributed by atoms with Gasteiger partial charge >= 0.3 is 71.4 Å². The van der Waals surface area contributed by atoms with Gasteiger partial charge in [0.2, 0.25) is 0 Å². The molecule has 0 aliphatic carbocycles. The Morgan fingerprint density at radius 1 is 0.578 bits per heavy atom. The maximum Gasteiger partial charge on any atom is 0.438 e. The van der Waals surface area contributed by atoms with Crippen LogP contribution in [0.1, 0.15) is 19.8 Å². The minimum atomic E-state index is -9.53. The van der Waals surface area contributed by atoms with Gasteiger partial charge in [0.05, 0.1) is 6.10 Å². The van der Waals surface area contributed by atoms with Crippen LogP contribution in [0.25, 0.3) is 0 Å². The second-order valence-corrected chi connectivity index (χ2v) is 8.95. The molecule has 0 aliphatic rings. The van der Waals surface area contributed by atoms with Crippen molar-refractivity contribution in [2.24, 2.45) is 0 Å². The standard InChI is InChI=1S/C19H13F23O3/c1-6(2)8(44)45-5-7(43)3-4-9(20,21)11(23,24)13(27,28)15(31,32)17(35,36)16(33,34)14(29,30)12(25,26)10(22,18(37,38)39)19(40,41)42/h7,43H,1,3-5H2,2H3. The van der Waals surface area contributed by atoms with E-state index in [0.717, 1.165) is 6.92 Å². The van der Waals surface area contributed by atoms with E-state index in [1.807, 2.05) is 0 Å². The summed E-state index contributed by atoms with van der Waals surface area (Å²) in [6.45, 7) is 2.41. The van der Waals surface area contributed by atoms with Crippen LogP contribution in [0.3, 0.4) is 0 Å². The second kappa shape index (κ2) is 11.7. The van der Waals surface area contributed by atoms with Gasteiger partial charge < -0.3 is 9.84 Å². The molecule has 0 rings (SSSR count). The lowest BCUT2D eigenvalue weighted by atomic mass is 9.82. The van der Waals surface area contributed by atoms with Crippen LogP contribution in [-0.4, -0.2) is 89.2 Å². The van der Waals surface area contributed by atoms with Gasteiger partial charge in [-0.25, -0.2) is 9.18 Å². The fourth-order valence-corrected chi connectivity index (χ4v) is 2.83. The number of aliphatic hydroxyl groups excluding tert-OH is 1. The minimum Gasteiger partial charge on any atom is -0.460 e. The van der Waals surface area contributed by atoms with Gasteiger partial charge in [0.25, 0.3) is 0 Å². The first kappa shape index (κ1) is 42.6. The molecule has 1 unspecified atom stereocenters. The predicted molar refractivity (Wildman–Crippen MR) is 96.5 cm³/mol. The van der Waals surface area contributed by atoms with Gasteiger partial charge in [0.1, 0.15) is 6.61 Å². The molecule has 1 N–H and O–H groups in total. The zero-order valence-electron chi connectivity index (χ0n) is 20.9. The molecule has 1 atom stereocenters. The van der Waals surface area contributed by atoms with Crippen LogP contribution in [0.4, 0.5) is 101 Å². The number of carbonyl (C=O) groups excluding carboxylic acids is 1. The monoisotopic (exact) mass is 726 g/mol. The lowest BCUT2D eigenvalue weighted by molar-refractivity contribution is -0.481. The Labute approximate surface area is 232 Å². The summed E-state index contributed by atoms with van der Waals surface area (Å²) in [5, 5.41) is 9.27. The summed E-state index contributed by atoms with van der Waals surface area (Å²) in [6, 6.07) is 0. The van der Waals surface area contributed by atoms with Crippen molar-refractivity contribution in [1.82, 2.24) is 0 Å². The number of hydrogen-bond acceptors (Lipinski definition) is 3. The highest BCUT2D eigenvalue weighted by atomic mass is 19.4. The Bertz CT molecular complexity index is 1070. The van der Waals surface area contributed by atoms with Crippen LogP contribution in [0, 0.1) is 0 Å². The molecule has 0 heterocycles.